The first-order valence-electron chi connectivity index (χ1n) is 6.64. The van der Waals surface area contributed by atoms with Gasteiger partial charge in [0.25, 0.3) is 0 Å². The van der Waals surface area contributed by atoms with Gasteiger partial charge in [-0.05, 0) is 51.3 Å². The van der Waals surface area contributed by atoms with Crippen molar-refractivity contribution >= 4 is 5.69 Å². The SMILES string of the molecule is Cc1ccc(C#N)cc1NCCCCC(C)(C)C#N. The average molecular weight is 255 g/mol. The van der Waals surface area contributed by atoms with Crippen LogP contribution in [0.25, 0.3) is 0 Å². The molecule has 0 saturated carbocycles. The van der Waals surface area contributed by atoms with Gasteiger partial charge in [-0.1, -0.05) is 12.5 Å². The van der Waals surface area contributed by atoms with Gasteiger partial charge in [0.2, 0.25) is 0 Å². The van der Waals surface area contributed by atoms with Crippen molar-refractivity contribution in [1.82, 2.24) is 0 Å². The maximum atomic E-state index is 8.93. The topological polar surface area (TPSA) is 59.6 Å². The number of nitrogens with zero attached hydrogens (tertiary/aromatic N) is 2. The molecular weight excluding hydrogens is 234 g/mol. The van der Waals surface area contributed by atoms with Gasteiger partial charge in [0.1, 0.15) is 0 Å². The molecule has 1 rings (SSSR count). The van der Waals surface area contributed by atoms with Crippen LogP contribution in [0.2, 0.25) is 0 Å². The van der Waals surface area contributed by atoms with Crippen molar-refractivity contribution in [3.63, 3.8) is 0 Å². The molecule has 0 radical (unpaired) electrons. The zero-order valence-electron chi connectivity index (χ0n) is 12.0. The number of nitrogens with one attached hydrogen (secondary N) is 1. The molecule has 0 heterocycles. The van der Waals surface area contributed by atoms with E-state index in [1.54, 1.807) is 0 Å². The third kappa shape index (κ3) is 5.02. The maximum absolute atomic E-state index is 8.93. The summed E-state index contributed by atoms with van der Waals surface area (Å²) < 4.78 is 0. The molecule has 19 heavy (non-hydrogen) atoms. The number of anilines is 1. The molecule has 1 N–H and O–H groups in total. The second kappa shape index (κ2) is 6.81. The molecule has 1 aromatic carbocycles. The van der Waals surface area contributed by atoms with Crippen molar-refractivity contribution in [3.05, 3.63) is 29.3 Å². The molecule has 0 fully saturated rings. The van der Waals surface area contributed by atoms with Crippen LogP contribution in [0.15, 0.2) is 18.2 Å². The Balaban J connectivity index is 2.38. The summed E-state index contributed by atoms with van der Waals surface area (Å²) in [6.45, 7) is 6.85. The summed E-state index contributed by atoms with van der Waals surface area (Å²) in [5, 5.41) is 21.2. The highest BCUT2D eigenvalue weighted by Crippen LogP contribution is 2.22. The number of rotatable bonds is 6. The predicted molar refractivity (Wildman–Crippen MR) is 77.6 cm³/mol. The van der Waals surface area contributed by atoms with Gasteiger partial charge in [-0.2, -0.15) is 10.5 Å². The van der Waals surface area contributed by atoms with E-state index in [2.05, 4.69) is 17.5 Å². The van der Waals surface area contributed by atoms with E-state index in [0.29, 0.717) is 5.56 Å². The minimum atomic E-state index is -0.226. The molecule has 0 unspecified atom stereocenters. The van der Waals surface area contributed by atoms with Crippen molar-refractivity contribution < 1.29 is 0 Å². The van der Waals surface area contributed by atoms with Gasteiger partial charge in [0, 0.05) is 12.2 Å². The van der Waals surface area contributed by atoms with Gasteiger partial charge in [0.15, 0.2) is 0 Å². The highest BCUT2D eigenvalue weighted by Gasteiger charge is 2.15. The van der Waals surface area contributed by atoms with Crippen molar-refractivity contribution in [2.24, 2.45) is 5.41 Å². The van der Waals surface area contributed by atoms with Gasteiger partial charge in [-0.25, -0.2) is 0 Å². The molecule has 0 amide bonds. The largest absolute Gasteiger partial charge is 0.385 e. The number of aryl methyl sites for hydroxylation is 1. The Kier molecular flexibility index (Phi) is 5.39. The molecule has 0 aliphatic heterocycles. The van der Waals surface area contributed by atoms with Crippen LogP contribution < -0.4 is 5.32 Å². The molecule has 0 aliphatic rings. The summed E-state index contributed by atoms with van der Waals surface area (Å²) >= 11 is 0. The fourth-order valence-corrected chi connectivity index (χ4v) is 1.85. The van der Waals surface area contributed by atoms with Crippen LogP contribution in [0.5, 0.6) is 0 Å². The van der Waals surface area contributed by atoms with E-state index in [1.165, 1.54) is 0 Å². The van der Waals surface area contributed by atoms with Gasteiger partial charge >= 0.3 is 0 Å². The van der Waals surface area contributed by atoms with E-state index in [-0.39, 0.29) is 5.41 Å². The fourth-order valence-electron chi connectivity index (χ4n) is 1.85. The van der Waals surface area contributed by atoms with Crippen molar-refractivity contribution in [1.29, 1.82) is 10.5 Å². The summed E-state index contributed by atoms with van der Waals surface area (Å²) in [5.41, 5.74) is 2.63. The number of hydrogen-bond acceptors (Lipinski definition) is 3. The Bertz CT molecular complexity index is 504. The van der Waals surface area contributed by atoms with E-state index in [4.69, 9.17) is 10.5 Å². The number of hydrogen-bond donors (Lipinski definition) is 1. The van der Waals surface area contributed by atoms with E-state index in [1.807, 2.05) is 39.0 Å². The second-order valence-electron chi connectivity index (χ2n) is 5.52. The Morgan fingerprint density at radius 3 is 2.58 bits per heavy atom. The smallest absolute Gasteiger partial charge is 0.0992 e. The summed E-state index contributed by atoms with van der Waals surface area (Å²) in [7, 11) is 0. The molecule has 0 bridgehead atoms. The number of unbranched alkanes of at least 4 members (excludes halogenated alkanes) is 1. The van der Waals surface area contributed by atoms with E-state index in [0.717, 1.165) is 37.1 Å². The van der Waals surface area contributed by atoms with Crippen LogP contribution >= 0.6 is 0 Å². The molecule has 1 aromatic rings. The fraction of sp³-hybridized carbons (Fsp3) is 0.500. The molecule has 0 saturated heterocycles. The second-order valence-corrected chi connectivity index (χ2v) is 5.52. The Morgan fingerprint density at radius 1 is 1.21 bits per heavy atom. The molecule has 3 heteroatoms. The lowest BCUT2D eigenvalue weighted by Gasteiger charge is -2.15. The van der Waals surface area contributed by atoms with Crippen LogP contribution in [0.3, 0.4) is 0 Å². The quantitative estimate of drug-likeness (QED) is 0.781. The lowest BCUT2D eigenvalue weighted by molar-refractivity contribution is 0.430. The highest BCUT2D eigenvalue weighted by atomic mass is 14.9. The summed E-state index contributed by atoms with van der Waals surface area (Å²) in [4.78, 5) is 0. The normalized spacial score (nSPS) is 10.6. The zero-order chi connectivity index (χ0) is 14.3. The van der Waals surface area contributed by atoms with E-state index < -0.39 is 0 Å². The van der Waals surface area contributed by atoms with E-state index >= 15 is 0 Å². The van der Waals surface area contributed by atoms with Gasteiger partial charge < -0.3 is 5.32 Å². The van der Waals surface area contributed by atoms with Crippen LogP contribution in [0.1, 0.15) is 44.2 Å². The summed E-state index contributed by atoms with van der Waals surface area (Å²) in [5.74, 6) is 0. The Hall–Kier alpha value is -2.00. The lowest BCUT2D eigenvalue weighted by Crippen LogP contribution is -2.09. The lowest BCUT2D eigenvalue weighted by atomic mass is 9.89. The molecule has 0 aromatic heterocycles. The summed E-state index contributed by atoms with van der Waals surface area (Å²) in [6.07, 6.45) is 2.98. The van der Waals surface area contributed by atoms with Crippen LogP contribution in [-0.4, -0.2) is 6.54 Å². The molecular formula is C16H21N3. The van der Waals surface area contributed by atoms with Crippen LogP contribution in [-0.2, 0) is 0 Å². The highest BCUT2D eigenvalue weighted by molar-refractivity contribution is 5.55. The third-order valence-electron chi connectivity index (χ3n) is 3.21. The van der Waals surface area contributed by atoms with Gasteiger partial charge in [0.05, 0.1) is 23.1 Å². The average Bonchev–Trinajstić information content (AvgIpc) is 2.40. The maximum Gasteiger partial charge on any atom is 0.0992 e. The summed E-state index contributed by atoms with van der Waals surface area (Å²) in [6, 6.07) is 10.1. The number of benzene rings is 1. The van der Waals surface area contributed by atoms with Gasteiger partial charge in [-0.3, -0.25) is 0 Å². The first-order valence-corrected chi connectivity index (χ1v) is 6.64. The molecule has 3 nitrogen and oxygen atoms in total. The molecule has 0 aliphatic carbocycles. The Labute approximate surface area is 115 Å². The van der Waals surface area contributed by atoms with Crippen molar-refractivity contribution in [3.8, 4) is 12.1 Å². The van der Waals surface area contributed by atoms with Crippen LogP contribution in [0.4, 0.5) is 5.69 Å². The molecule has 0 spiro atoms. The molecule has 100 valence electrons. The third-order valence-corrected chi connectivity index (χ3v) is 3.21. The minimum absolute atomic E-state index is 0.226. The minimum Gasteiger partial charge on any atom is -0.385 e. The first-order chi connectivity index (χ1) is 8.98. The number of nitriles is 2. The predicted octanol–water partition coefficient (Wildman–Crippen LogP) is 4.00. The van der Waals surface area contributed by atoms with Crippen molar-refractivity contribution in [2.45, 2.75) is 40.0 Å². The standard InChI is InChI=1S/C16H21N3/c1-13-6-7-14(11-17)10-15(13)19-9-5-4-8-16(2,3)12-18/h6-7,10,19H,4-5,8-9H2,1-3H3. The molecule has 0 atom stereocenters. The monoisotopic (exact) mass is 255 g/mol. The van der Waals surface area contributed by atoms with Crippen LogP contribution in [0, 0.1) is 35.0 Å². The first kappa shape index (κ1) is 15.1. The zero-order valence-corrected chi connectivity index (χ0v) is 12.0. The van der Waals surface area contributed by atoms with Gasteiger partial charge in [-0.15, -0.1) is 0 Å². The van der Waals surface area contributed by atoms with Crippen molar-refractivity contribution in [2.75, 3.05) is 11.9 Å². The Morgan fingerprint density at radius 2 is 1.95 bits per heavy atom. The van der Waals surface area contributed by atoms with E-state index in [9.17, 15) is 0 Å².